The fraction of sp³-hybridized carbons (Fsp3) is 0.111. The van der Waals surface area contributed by atoms with Crippen LogP contribution in [-0.4, -0.2) is 17.7 Å². The summed E-state index contributed by atoms with van der Waals surface area (Å²) in [6.07, 6.45) is 0. The van der Waals surface area contributed by atoms with Gasteiger partial charge >= 0.3 is 0 Å². The van der Waals surface area contributed by atoms with Gasteiger partial charge in [-0.05, 0) is 43.3 Å². The van der Waals surface area contributed by atoms with Gasteiger partial charge in [-0.1, -0.05) is 28.9 Å². The van der Waals surface area contributed by atoms with Gasteiger partial charge in [-0.15, -0.1) is 0 Å². The summed E-state index contributed by atoms with van der Waals surface area (Å²) >= 11 is 5.86. The Morgan fingerprint density at radius 3 is 2.54 bits per heavy atom. The Balaban J connectivity index is 1.69. The van der Waals surface area contributed by atoms with Crippen LogP contribution in [0.4, 0.5) is 5.88 Å². The first kappa shape index (κ1) is 16.1. The van der Waals surface area contributed by atoms with Crippen molar-refractivity contribution in [3.8, 4) is 17.0 Å². The zero-order chi connectivity index (χ0) is 16.9. The van der Waals surface area contributed by atoms with Crippen LogP contribution < -0.4 is 10.1 Å². The predicted octanol–water partition coefficient (Wildman–Crippen LogP) is 4.65. The molecule has 0 fully saturated rings. The Hall–Kier alpha value is -2.79. The maximum atomic E-state index is 12.2. The van der Waals surface area contributed by atoms with E-state index in [1.165, 1.54) is 0 Å². The van der Waals surface area contributed by atoms with Crippen LogP contribution in [0.2, 0.25) is 5.02 Å². The zero-order valence-electron chi connectivity index (χ0n) is 13.0. The molecule has 0 aliphatic heterocycles. The third kappa shape index (κ3) is 3.75. The molecule has 0 radical (unpaired) electrons. The number of nitrogens with zero attached hydrogens (tertiary/aromatic N) is 1. The summed E-state index contributed by atoms with van der Waals surface area (Å²) in [7, 11) is 0. The number of aromatic nitrogens is 1. The molecule has 0 aliphatic rings. The SMILES string of the molecule is CCOc1ccc(C(=O)Nc2cc(-c3ccc(Cl)cc3)no2)cc1. The third-order valence-corrected chi connectivity index (χ3v) is 3.57. The monoisotopic (exact) mass is 342 g/mol. The molecule has 0 saturated heterocycles. The van der Waals surface area contributed by atoms with Crippen molar-refractivity contribution in [2.24, 2.45) is 0 Å². The predicted molar refractivity (Wildman–Crippen MR) is 92.5 cm³/mol. The van der Waals surface area contributed by atoms with Crippen LogP contribution in [0.5, 0.6) is 5.75 Å². The molecule has 3 rings (SSSR count). The Labute approximate surface area is 144 Å². The minimum atomic E-state index is -0.281. The van der Waals surface area contributed by atoms with Crippen molar-refractivity contribution in [3.05, 3.63) is 65.2 Å². The molecular formula is C18H15ClN2O3. The quantitative estimate of drug-likeness (QED) is 0.733. The summed E-state index contributed by atoms with van der Waals surface area (Å²) in [4.78, 5) is 12.2. The molecule has 1 N–H and O–H groups in total. The lowest BCUT2D eigenvalue weighted by Crippen LogP contribution is -2.11. The molecule has 122 valence electrons. The number of amides is 1. The van der Waals surface area contributed by atoms with Gasteiger partial charge in [0.05, 0.1) is 6.61 Å². The molecule has 0 spiro atoms. The highest BCUT2D eigenvalue weighted by Gasteiger charge is 2.11. The normalized spacial score (nSPS) is 10.4. The van der Waals surface area contributed by atoms with Gasteiger partial charge in [0, 0.05) is 22.2 Å². The number of ether oxygens (including phenoxy) is 1. The molecule has 0 bridgehead atoms. The molecule has 1 amide bonds. The van der Waals surface area contributed by atoms with E-state index in [0.717, 1.165) is 11.3 Å². The second kappa shape index (κ2) is 7.19. The average molecular weight is 343 g/mol. The Kier molecular flexibility index (Phi) is 4.82. The largest absolute Gasteiger partial charge is 0.494 e. The fourth-order valence-electron chi connectivity index (χ4n) is 2.14. The standard InChI is InChI=1S/C18H15ClN2O3/c1-2-23-15-9-5-13(6-10-15)18(22)20-17-11-16(21-24-17)12-3-7-14(19)8-4-12/h3-11H,2H2,1H3,(H,20,22). The van der Waals surface area contributed by atoms with Gasteiger partial charge in [0.1, 0.15) is 11.4 Å². The maximum Gasteiger partial charge on any atom is 0.258 e. The summed E-state index contributed by atoms with van der Waals surface area (Å²) in [6.45, 7) is 2.49. The summed E-state index contributed by atoms with van der Waals surface area (Å²) in [6, 6.07) is 15.7. The zero-order valence-corrected chi connectivity index (χ0v) is 13.7. The van der Waals surface area contributed by atoms with Gasteiger partial charge in [-0.3, -0.25) is 10.1 Å². The molecule has 1 aromatic heterocycles. The van der Waals surface area contributed by atoms with E-state index in [1.54, 1.807) is 42.5 Å². The van der Waals surface area contributed by atoms with Gasteiger partial charge in [0.15, 0.2) is 0 Å². The van der Waals surface area contributed by atoms with Crippen molar-refractivity contribution in [2.75, 3.05) is 11.9 Å². The second-order valence-electron chi connectivity index (χ2n) is 4.99. The molecule has 2 aromatic carbocycles. The maximum absolute atomic E-state index is 12.2. The van der Waals surface area contributed by atoms with Gasteiger partial charge in [0.2, 0.25) is 5.88 Å². The van der Waals surface area contributed by atoms with Crippen LogP contribution in [0, 0.1) is 0 Å². The Bertz CT molecular complexity index is 826. The van der Waals surface area contributed by atoms with Gasteiger partial charge < -0.3 is 9.26 Å². The lowest BCUT2D eigenvalue weighted by atomic mass is 10.1. The third-order valence-electron chi connectivity index (χ3n) is 3.31. The lowest BCUT2D eigenvalue weighted by Gasteiger charge is -2.04. The van der Waals surface area contributed by atoms with Gasteiger partial charge in [-0.25, -0.2) is 0 Å². The molecule has 3 aromatic rings. The van der Waals surface area contributed by atoms with Crippen molar-refractivity contribution >= 4 is 23.4 Å². The molecule has 6 heteroatoms. The number of carbonyl (C=O) groups is 1. The smallest absolute Gasteiger partial charge is 0.258 e. The molecule has 1 heterocycles. The van der Waals surface area contributed by atoms with Crippen LogP contribution in [0.15, 0.2) is 59.1 Å². The van der Waals surface area contributed by atoms with E-state index in [4.69, 9.17) is 20.9 Å². The molecule has 0 aliphatic carbocycles. The number of carbonyl (C=O) groups excluding carboxylic acids is 1. The number of benzene rings is 2. The van der Waals surface area contributed by atoms with Crippen molar-refractivity contribution in [1.82, 2.24) is 5.16 Å². The highest BCUT2D eigenvalue weighted by molar-refractivity contribution is 6.30. The Morgan fingerprint density at radius 1 is 1.17 bits per heavy atom. The number of rotatable bonds is 5. The van der Waals surface area contributed by atoms with Crippen LogP contribution in [0.1, 0.15) is 17.3 Å². The van der Waals surface area contributed by atoms with E-state index in [1.807, 2.05) is 19.1 Å². The first-order valence-electron chi connectivity index (χ1n) is 7.42. The molecule has 0 atom stereocenters. The second-order valence-corrected chi connectivity index (χ2v) is 5.43. The number of halogens is 1. The molecular weight excluding hydrogens is 328 g/mol. The Morgan fingerprint density at radius 2 is 1.88 bits per heavy atom. The minimum absolute atomic E-state index is 0.277. The van der Waals surface area contributed by atoms with E-state index in [0.29, 0.717) is 22.9 Å². The van der Waals surface area contributed by atoms with Gasteiger partial charge in [0.25, 0.3) is 5.91 Å². The fourth-order valence-corrected chi connectivity index (χ4v) is 2.27. The van der Waals surface area contributed by atoms with Crippen LogP contribution in [-0.2, 0) is 0 Å². The van der Waals surface area contributed by atoms with E-state index >= 15 is 0 Å². The van der Waals surface area contributed by atoms with Crippen LogP contribution in [0.3, 0.4) is 0 Å². The molecule has 0 saturated carbocycles. The van der Waals surface area contributed by atoms with E-state index in [9.17, 15) is 4.79 Å². The number of nitrogens with one attached hydrogen (secondary N) is 1. The number of anilines is 1. The summed E-state index contributed by atoms with van der Waals surface area (Å²) in [5, 5.41) is 7.27. The average Bonchev–Trinajstić information content (AvgIpc) is 3.05. The van der Waals surface area contributed by atoms with E-state index in [2.05, 4.69) is 10.5 Å². The molecule has 24 heavy (non-hydrogen) atoms. The first-order chi connectivity index (χ1) is 11.7. The summed E-state index contributed by atoms with van der Waals surface area (Å²) < 4.78 is 10.5. The highest BCUT2D eigenvalue weighted by atomic mass is 35.5. The van der Waals surface area contributed by atoms with Crippen molar-refractivity contribution in [1.29, 1.82) is 0 Å². The van der Waals surface area contributed by atoms with Crippen molar-refractivity contribution < 1.29 is 14.1 Å². The van der Waals surface area contributed by atoms with E-state index < -0.39 is 0 Å². The minimum Gasteiger partial charge on any atom is -0.494 e. The summed E-state index contributed by atoms with van der Waals surface area (Å²) in [5.41, 5.74) is 1.97. The first-order valence-corrected chi connectivity index (χ1v) is 7.80. The molecule has 0 unspecified atom stereocenters. The van der Waals surface area contributed by atoms with Crippen LogP contribution in [0.25, 0.3) is 11.3 Å². The topological polar surface area (TPSA) is 64.4 Å². The van der Waals surface area contributed by atoms with Crippen molar-refractivity contribution in [3.63, 3.8) is 0 Å². The lowest BCUT2D eigenvalue weighted by molar-refractivity contribution is 0.102. The number of hydrogen-bond donors (Lipinski definition) is 1. The number of hydrogen-bond acceptors (Lipinski definition) is 4. The van der Waals surface area contributed by atoms with E-state index in [-0.39, 0.29) is 11.8 Å². The van der Waals surface area contributed by atoms with Gasteiger partial charge in [-0.2, -0.15) is 0 Å². The highest BCUT2D eigenvalue weighted by Crippen LogP contribution is 2.23. The molecule has 5 nitrogen and oxygen atoms in total. The van der Waals surface area contributed by atoms with Crippen LogP contribution >= 0.6 is 11.6 Å². The van der Waals surface area contributed by atoms with Crippen molar-refractivity contribution in [2.45, 2.75) is 6.92 Å². The summed E-state index contributed by atoms with van der Waals surface area (Å²) in [5.74, 6) is 0.717.